The van der Waals surface area contributed by atoms with Gasteiger partial charge in [0.1, 0.15) is 6.10 Å². The number of aromatic nitrogens is 1. The Labute approximate surface area is 133 Å². The molecule has 22 heavy (non-hydrogen) atoms. The van der Waals surface area contributed by atoms with Crippen molar-refractivity contribution in [1.29, 1.82) is 0 Å². The molecule has 0 unspecified atom stereocenters. The van der Waals surface area contributed by atoms with Gasteiger partial charge in [0.05, 0.1) is 23.9 Å². The molecule has 1 saturated heterocycles. The topological polar surface area (TPSA) is 60.5 Å². The van der Waals surface area contributed by atoms with E-state index < -0.39 is 0 Å². The van der Waals surface area contributed by atoms with Crippen LogP contribution in [0.4, 0.5) is 5.69 Å². The van der Waals surface area contributed by atoms with Gasteiger partial charge in [0.15, 0.2) is 0 Å². The Kier molecular flexibility index (Phi) is 4.56. The van der Waals surface area contributed by atoms with E-state index >= 15 is 0 Å². The number of rotatable bonds is 4. The molecule has 2 aromatic rings. The normalized spacial score (nSPS) is 17.2. The van der Waals surface area contributed by atoms with Crippen LogP contribution < -0.4 is 10.1 Å². The van der Waals surface area contributed by atoms with E-state index in [1.807, 2.05) is 6.07 Å². The molecule has 2 heterocycles. The van der Waals surface area contributed by atoms with Crippen molar-refractivity contribution < 1.29 is 14.3 Å². The van der Waals surface area contributed by atoms with Crippen LogP contribution in [0.5, 0.6) is 5.88 Å². The number of carbonyl (C=O) groups excluding carboxylic acids is 1. The third-order valence-corrected chi connectivity index (χ3v) is 3.62. The number of hydrogen-bond donors (Lipinski definition) is 1. The van der Waals surface area contributed by atoms with Crippen LogP contribution in [0.25, 0.3) is 0 Å². The first kappa shape index (κ1) is 14.8. The quantitative estimate of drug-likeness (QED) is 0.940. The smallest absolute Gasteiger partial charge is 0.255 e. The van der Waals surface area contributed by atoms with Gasteiger partial charge in [-0.05, 0) is 18.2 Å². The third kappa shape index (κ3) is 3.55. The van der Waals surface area contributed by atoms with Gasteiger partial charge >= 0.3 is 0 Å². The van der Waals surface area contributed by atoms with Crippen LogP contribution in [0, 0.1) is 0 Å². The second kappa shape index (κ2) is 6.77. The maximum Gasteiger partial charge on any atom is 0.255 e. The molecule has 114 valence electrons. The van der Waals surface area contributed by atoms with Gasteiger partial charge in [-0.25, -0.2) is 4.98 Å². The number of benzene rings is 1. The average Bonchev–Trinajstić information content (AvgIpc) is 3.03. The van der Waals surface area contributed by atoms with Crippen LogP contribution in [0.1, 0.15) is 16.8 Å². The first-order chi connectivity index (χ1) is 10.7. The summed E-state index contributed by atoms with van der Waals surface area (Å²) >= 11 is 6.03. The van der Waals surface area contributed by atoms with E-state index in [9.17, 15) is 4.79 Å². The van der Waals surface area contributed by atoms with Gasteiger partial charge in [-0.15, -0.1) is 0 Å². The number of amides is 1. The molecule has 1 aromatic carbocycles. The van der Waals surface area contributed by atoms with Gasteiger partial charge in [0.25, 0.3) is 5.91 Å². The van der Waals surface area contributed by atoms with Crippen molar-refractivity contribution in [2.45, 2.75) is 12.5 Å². The zero-order valence-corrected chi connectivity index (χ0v) is 12.5. The van der Waals surface area contributed by atoms with Crippen LogP contribution in [-0.2, 0) is 4.74 Å². The maximum atomic E-state index is 12.3. The van der Waals surface area contributed by atoms with Gasteiger partial charge in [0, 0.05) is 24.2 Å². The Bertz CT molecular complexity index is 672. The molecule has 0 aliphatic carbocycles. The summed E-state index contributed by atoms with van der Waals surface area (Å²) in [6.07, 6.45) is 2.37. The van der Waals surface area contributed by atoms with E-state index in [0.717, 1.165) is 6.42 Å². The van der Waals surface area contributed by atoms with Crippen LogP contribution in [0.3, 0.4) is 0 Å². The Morgan fingerprint density at radius 1 is 1.36 bits per heavy atom. The molecule has 6 heteroatoms. The van der Waals surface area contributed by atoms with E-state index in [0.29, 0.717) is 35.4 Å². The Morgan fingerprint density at radius 2 is 2.23 bits per heavy atom. The van der Waals surface area contributed by atoms with Crippen LogP contribution >= 0.6 is 11.6 Å². The fourth-order valence-corrected chi connectivity index (χ4v) is 2.33. The summed E-state index contributed by atoms with van der Waals surface area (Å²) in [7, 11) is 0. The fraction of sp³-hybridized carbons (Fsp3) is 0.250. The Hall–Kier alpha value is -2.11. The van der Waals surface area contributed by atoms with Gasteiger partial charge in [-0.1, -0.05) is 23.7 Å². The SMILES string of the molecule is O=C(Nc1ccccc1Cl)c1ccnc(O[C@H]2CCOC2)c1. The second-order valence-electron chi connectivity index (χ2n) is 4.92. The highest BCUT2D eigenvalue weighted by Crippen LogP contribution is 2.22. The summed E-state index contributed by atoms with van der Waals surface area (Å²) in [6.45, 7) is 1.25. The minimum Gasteiger partial charge on any atom is -0.472 e. The molecular formula is C16H15ClN2O3. The van der Waals surface area contributed by atoms with Crippen molar-refractivity contribution in [2.24, 2.45) is 0 Å². The van der Waals surface area contributed by atoms with Gasteiger partial charge in [-0.3, -0.25) is 4.79 Å². The highest BCUT2D eigenvalue weighted by molar-refractivity contribution is 6.33. The number of ether oxygens (including phenoxy) is 2. The van der Waals surface area contributed by atoms with Gasteiger partial charge < -0.3 is 14.8 Å². The average molecular weight is 319 g/mol. The zero-order valence-electron chi connectivity index (χ0n) is 11.8. The van der Waals surface area contributed by atoms with Crippen molar-refractivity contribution in [3.8, 4) is 5.88 Å². The molecule has 1 aliphatic rings. The minimum atomic E-state index is -0.261. The predicted octanol–water partition coefficient (Wildman–Crippen LogP) is 3.16. The molecule has 0 radical (unpaired) electrons. The lowest BCUT2D eigenvalue weighted by atomic mass is 10.2. The molecule has 0 bridgehead atoms. The molecule has 1 fully saturated rings. The van der Waals surface area contributed by atoms with Crippen LogP contribution in [-0.4, -0.2) is 30.2 Å². The monoisotopic (exact) mass is 318 g/mol. The highest BCUT2D eigenvalue weighted by atomic mass is 35.5. The van der Waals surface area contributed by atoms with Crippen LogP contribution in [0.15, 0.2) is 42.6 Å². The summed E-state index contributed by atoms with van der Waals surface area (Å²) in [5, 5.41) is 3.26. The number of nitrogens with one attached hydrogen (secondary N) is 1. The number of halogens is 1. The van der Waals surface area contributed by atoms with Crippen LogP contribution in [0.2, 0.25) is 5.02 Å². The number of carbonyl (C=O) groups is 1. The molecule has 1 aromatic heterocycles. The molecule has 0 saturated carbocycles. The Morgan fingerprint density at radius 3 is 3.00 bits per heavy atom. The number of pyridine rings is 1. The molecule has 1 aliphatic heterocycles. The standard InChI is InChI=1S/C16H15ClN2O3/c17-13-3-1-2-4-14(13)19-16(20)11-5-7-18-15(9-11)22-12-6-8-21-10-12/h1-5,7,9,12H,6,8,10H2,(H,19,20)/t12-/m0/s1. The van der Waals surface area contributed by atoms with Crippen molar-refractivity contribution in [1.82, 2.24) is 4.98 Å². The van der Waals surface area contributed by atoms with E-state index in [-0.39, 0.29) is 12.0 Å². The van der Waals surface area contributed by atoms with Crippen molar-refractivity contribution in [2.75, 3.05) is 18.5 Å². The van der Waals surface area contributed by atoms with Crippen molar-refractivity contribution >= 4 is 23.2 Å². The summed E-state index contributed by atoms with van der Waals surface area (Å²) < 4.78 is 11.0. The maximum absolute atomic E-state index is 12.3. The third-order valence-electron chi connectivity index (χ3n) is 3.29. The van der Waals surface area contributed by atoms with E-state index in [4.69, 9.17) is 21.1 Å². The molecule has 1 amide bonds. The summed E-state index contributed by atoms with van der Waals surface area (Å²) in [5.41, 5.74) is 1.03. The number of hydrogen-bond acceptors (Lipinski definition) is 4. The molecule has 1 N–H and O–H groups in total. The molecule has 3 rings (SSSR count). The molecular weight excluding hydrogens is 304 g/mol. The van der Waals surface area contributed by atoms with Crippen molar-refractivity contribution in [3.05, 3.63) is 53.2 Å². The van der Waals surface area contributed by atoms with Gasteiger partial charge in [-0.2, -0.15) is 0 Å². The van der Waals surface area contributed by atoms with Gasteiger partial charge in [0.2, 0.25) is 5.88 Å². The summed E-state index contributed by atoms with van der Waals surface area (Å²) in [4.78, 5) is 16.4. The summed E-state index contributed by atoms with van der Waals surface area (Å²) in [6, 6.07) is 10.3. The molecule has 1 atom stereocenters. The lowest BCUT2D eigenvalue weighted by molar-refractivity contribution is 0.102. The first-order valence-corrected chi connectivity index (χ1v) is 7.36. The number of anilines is 1. The first-order valence-electron chi connectivity index (χ1n) is 6.99. The lowest BCUT2D eigenvalue weighted by Crippen LogP contribution is -2.17. The van der Waals surface area contributed by atoms with E-state index in [1.54, 1.807) is 36.5 Å². The minimum absolute atomic E-state index is 0.00520. The largest absolute Gasteiger partial charge is 0.472 e. The fourth-order valence-electron chi connectivity index (χ4n) is 2.15. The van der Waals surface area contributed by atoms with Crippen molar-refractivity contribution in [3.63, 3.8) is 0 Å². The van der Waals surface area contributed by atoms with E-state index in [2.05, 4.69) is 10.3 Å². The zero-order chi connectivity index (χ0) is 15.4. The lowest BCUT2D eigenvalue weighted by Gasteiger charge is -2.12. The Balaban J connectivity index is 1.71. The second-order valence-corrected chi connectivity index (χ2v) is 5.33. The van der Waals surface area contributed by atoms with E-state index in [1.165, 1.54) is 0 Å². The number of nitrogens with zero attached hydrogens (tertiary/aromatic N) is 1. The molecule has 0 spiro atoms. The highest BCUT2D eigenvalue weighted by Gasteiger charge is 2.18. The predicted molar refractivity (Wildman–Crippen MR) is 83.5 cm³/mol. The number of para-hydroxylation sites is 1. The molecule has 5 nitrogen and oxygen atoms in total. The summed E-state index contributed by atoms with van der Waals surface area (Å²) in [5.74, 6) is 0.158.